The molecule has 0 atom stereocenters. The molecule has 0 unspecified atom stereocenters. The molecule has 58 valence electrons. The number of carbonyl (C=O) groups is 2. The summed E-state index contributed by atoms with van der Waals surface area (Å²) in [6, 6.07) is 0.783. The highest BCUT2D eigenvalue weighted by molar-refractivity contribution is 5.93. The zero-order valence-corrected chi connectivity index (χ0v) is 5.65. The summed E-state index contributed by atoms with van der Waals surface area (Å²) in [5, 5.41) is 0. The van der Waals surface area contributed by atoms with Gasteiger partial charge in [0, 0.05) is 12.4 Å². The molecule has 0 aromatic carbocycles. The van der Waals surface area contributed by atoms with Crippen LogP contribution in [0, 0.1) is 0 Å². The van der Waals surface area contributed by atoms with Gasteiger partial charge in [0.05, 0.1) is 5.56 Å². The Bertz CT molecular complexity index is 274. The molecule has 4 N–H and O–H groups in total. The monoisotopic (exact) mass is 153 g/mol. The number of carbonyl (C=O) groups excluding carboxylic acids is 2. The summed E-state index contributed by atoms with van der Waals surface area (Å²) in [5.74, 6) is -0.579. The van der Waals surface area contributed by atoms with Gasteiger partial charge in [0.15, 0.2) is 0 Å². The zero-order valence-electron chi connectivity index (χ0n) is 5.65. The highest BCUT2D eigenvalue weighted by atomic mass is 16.2. The molecule has 0 fully saturated rings. The molecule has 0 aliphatic carbocycles. The molecule has 5 heteroatoms. The SMILES string of the molecule is NC(=O)c1ccn(C(N)=O)c1. The van der Waals surface area contributed by atoms with Gasteiger partial charge in [-0.05, 0) is 6.07 Å². The average Bonchev–Trinajstić information content (AvgIpc) is 2.33. The van der Waals surface area contributed by atoms with Crippen molar-refractivity contribution in [3.05, 3.63) is 24.0 Å². The maximum Gasteiger partial charge on any atom is 0.322 e. The van der Waals surface area contributed by atoms with E-state index in [1.54, 1.807) is 0 Å². The highest BCUT2D eigenvalue weighted by Gasteiger charge is 2.03. The molecule has 1 heterocycles. The number of primary amides is 2. The number of nitrogens with two attached hydrogens (primary N) is 2. The molecule has 0 saturated heterocycles. The third-order valence-corrected chi connectivity index (χ3v) is 1.23. The number of hydrogen-bond acceptors (Lipinski definition) is 2. The van der Waals surface area contributed by atoms with Gasteiger partial charge in [-0.25, -0.2) is 4.79 Å². The Hall–Kier alpha value is -1.78. The molecule has 1 aromatic heterocycles. The van der Waals surface area contributed by atoms with Crippen LogP contribution in [0.15, 0.2) is 18.5 Å². The topological polar surface area (TPSA) is 91.1 Å². The van der Waals surface area contributed by atoms with Crippen molar-refractivity contribution < 1.29 is 9.59 Å². The molecule has 5 nitrogen and oxygen atoms in total. The van der Waals surface area contributed by atoms with Crippen LogP contribution in [-0.4, -0.2) is 16.5 Å². The molecule has 0 aliphatic rings. The fourth-order valence-corrected chi connectivity index (χ4v) is 0.679. The Kier molecular flexibility index (Phi) is 1.63. The van der Waals surface area contributed by atoms with Crippen LogP contribution in [0.5, 0.6) is 0 Å². The number of aromatic nitrogens is 1. The summed E-state index contributed by atoms with van der Waals surface area (Å²) in [6.45, 7) is 0. The summed E-state index contributed by atoms with van der Waals surface area (Å²) in [5.41, 5.74) is 10.1. The Labute approximate surface area is 62.6 Å². The number of rotatable bonds is 1. The predicted molar refractivity (Wildman–Crippen MR) is 37.9 cm³/mol. The van der Waals surface area contributed by atoms with Crippen LogP contribution in [-0.2, 0) is 0 Å². The van der Waals surface area contributed by atoms with E-state index in [0.717, 1.165) is 4.57 Å². The average molecular weight is 153 g/mol. The molecule has 0 saturated carbocycles. The minimum atomic E-state index is -0.641. The molecule has 0 radical (unpaired) electrons. The Morgan fingerprint density at radius 2 is 2.00 bits per heavy atom. The highest BCUT2D eigenvalue weighted by Crippen LogP contribution is 1.98. The Morgan fingerprint density at radius 1 is 1.36 bits per heavy atom. The van der Waals surface area contributed by atoms with Crippen LogP contribution in [0.3, 0.4) is 0 Å². The van der Waals surface area contributed by atoms with Crippen molar-refractivity contribution in [3.63, 3.8) is 0 Å². The lowest BCUT2D eigenvalue weighted by molar-refractivity contribution is 0.100. The van der Waals surface area contributed by atoms with Crippen molar-refractivity contribution in [2.75, 3.05) is 0 Å². The van der Waals surface area contributed by atoms with Crippen molar-refractivity contribution in [2.45, 2.75) is 0 Å². The van der Waals surface area contributed by atoms with Gasteiger partial charge in [0.25, 0.3) is 0 Å². The van der Waals surface area contributed by atoms with Crippen LogP contribution < -0.4 is 11.5 Å². The van der Waals surface area contributed by atoms with Crippen molar-refractivity contribution >= 4 is 11.9 Å². The van der Waals surface area contributed by atoms with E-state index in [1.807, 2.05) is 0 Å². The molecular formula is C6H7N3O2. The second-order valence-electron chi connectivity index (χ2n) is 2.01. The van der Waals surface area contributed by atoms with Crippen molar-refractivity contribution in [3.8, 4) is 0 Å². The number of hydrogen-bond donors (Lipinski definition) is 2. The predicted octanol–water partition coefficient (Wildman–Crippen LogP) is -0.486. The normalized spacial score (nSPS) is 9.45. The fraction of sp³-hybridized carbons (Fsp3) is 0. The first kappa shape index (κ1) is 7.33. The third-order valence-electron chi connectivity index (χ3n) is 1.23. The molecule has 0 aliphatic heterocycles. The lowest BCUT2D eigenvalue weighted by atomic mass is 10.3. The quantitative estimate of drug-likeness (QED) is 0.570. The van der Waals surface area contributed by atoms with Crippen LogP contribution >= 0.6 is 0 Å². The van der Waals surface area contributed by atoms with E-state index < -0.39 is 11.9 Å². The first-order valence-corrected chi connectivity index (χ1v) is 2.89. The van der Waals surface area contributed by atoms with Gasteiger partial charge >= 0.3 is 6.03 Å². The van der Waals surface area contributed by atoms with E-state index in [4.69, 9.17) is 11.5 Å². The number of nitrogens with zero attached hydrogens (tertiary/aromatic N) is 1. The van der Waals surface area contributed by atoms with Gasteiger partial charge in [-0.2, -0.15) is 0 Å². The van der Waals surface area contributed by atoms with E-state index in [1.165, 1.54) is 18.5 Å². The van der Waals surface area contributed by atoms with E-state index in [-0.39, 0.29) is 5.56 Å². The Morgan fingerprint density at radius 3 is 2.27 bits per heavy atom. The fourth-order valence-electron chi connectivity index (χ4n) is 0.679. The number of amides is 2. The van der Waals surface area contributed by atoms with Crippen molar-refractivity contribution in [1.82, 2.24) is 4.57 Å². The third kappa shape index (κ3) is 1.37. The van der Waals surface area contributed by atoms with Crippen LogP contribution in [0.1, 0.15) is 10.4 Å². The van der Waals surface area contributed by atoms with Crippen LogP contribution in [0.4, 0.5) is 4.79 Å². The second kappa shape index (κ2) is 2.45. The minimum Gasteiger partial charge on any atom is -0.366 e. The molecule has 1 aromatic rings. The molecule has 1 rings (SSSR count). The Balaban J connectivity index is 2.99. The van der Waals surface area contributed by atoms with Gasteiger partial charge in [0.1, 0.15) is 0 Å². The van der Waals surface area contributed by atoms with E-state index in [2.05, 4.69) is 0 Å². The second-order valence-corrected chi connectivity index (χ2v) is 2.01. The van der Waals surface area contributed by atoms with E-state index >= 15 is 0 Å². The standard InChI is InChI=1S/C6H7N3O2/c7-5(10)4-1-2-9(3-4)6(8)11/h1-3H,(H2,7,10)(H2,8,11). The molecule has 11 heavy (non-hydrogen) atoms. The van der Waals surface area contributed by atoms with E-state index in [0.29, 0.717) is 0 Å². The smallest absolute Gasteiger partial charge is 0.322 e. The van der Waals surface area contributed by atoms with Gasteiger partial charge < -0.3 is 11.5 Å². The van der Waals surface area contributed by atoms with Gasteiger partial charge in [0.2, 0.25) is 5.91 Å². The molecule has 2 amide bonds. The van der Waals surface area contributed by atoms with Crippen LogP contribution in [0.25, 0.3) is 0 Å². The first-order chi connectivity index (χ1) is 5.11. The summed E-state index contributed by atoms with van der Waals surface area (Å²) in [4.78, 5) is 21.0. The lowest BCUT2D eigenvalue weighted by Gasteiger charge is -1.90. The summed E-state index contributed by atoms with van der Waals surface area (Å²) in [7, 11) is 0. The van der Waals surface area contributed by atoms with Crippen molar-refractivity contribution in [2.24, 2.45) is 11.5 Å². The molecular weight excluding hydrogens is 146 g/mol. The molecule has 0 spiro atoms. The zero-order chi connectivity index (χ0) is 8.43. The van der Waals surface area contributed by atoms with E-state index in [9.17, 15) is 9.59 Å². The van der Waals surface area contributed by atoms with Gasteiger partial charge in [-0.15, -0.1) is 0 Å². The van der Waals surface area contributed by atoms with Gasteiger partial charge in [-0.3, -0.25) is 9.36 Å². The first-order valence-electron chi connectivity index (χ1n) is 2.89. The summed E-state index contributed by atoms with van der Waals surface area (Å²) >= 11 is 0. The van der Waals surface area contributed by atoms with Gasteiger partial charge in [-0.1, -0.05) is 0 Å². The maximum atomic E-state index is 10.5. The lowest BCUT2D eigenvalue weighted by Crippen LogP contribution is -2.18. The molecule has 0 bridgehead atoms. The summed E-state index contributed by atoms with van der Waals surface area (Å²) in [6.07, 6.45) is 2.66. The van der Waals surface area contributed by atoms with Crippen LogP contribution in [0.2, 0.25) is 0 Å². The minimum absolute atomic E-state index is 0.267. The largest absolute Gasteiger partial charge is 0.366 e. The van der Waals surface area contributed by atoms with Crippen molar-refractivity contribution in [1.29, 1.82) is 0 Å². The maximum absolute atomic E-state index is 10.5. The summed E-state index contributed by atoms with van der Waals surface area (Å²) < 4.78 is 1.08.